The summed E-state index contributed by atoms with van der Waals surface area (Å²) in [5.74, 6) is 0.760. The standard InChI is InChI=1S/C13H17ClN4O/c1-10-12(14)9-18(17-10)13-4-3-11(8-16-13)7-15-5-6-19-2/h3-4,8-9,15H,5-7H2,1-2H3. The summed E-state index contributed by atoms with van der Waals surface area (Å²) in [6.45, 7) is 4.17. The molecule has 0 spiro atoms. The Kier molecular flexibility index (Phi) is 4.90. The number of nitrogens with one attached hydrogen (secondary N) is 1. The van der Waals surface area contributed by atoms with Crippen molar-refractivity contribution >= 4 is 11.6 Å². The molecule has 6 heteroatoms. The second kappa shape index (κ2) is 6.65. The Labute approximate surface area is 117 Å². The van der Waals surface area contributed by atoms with Crippen LogP contribution in [0.3, 0.4) is 0 Å². The molecule has 2 aromatic rings. The van der Waals surface area contributed by atoms with Crippen LogP contribution in [0.4, 0.5) is 0 Å². The number of hydrogen-bond donors (Lipinski definition) is 1. The second-order valence-electron chi connectivity index (χ2n) is 4.20. The normalized spacial score (nSPS) is 10.9. The van der Waals surface area contributed by atoms with Gasteiger partial charge in [0.15, 0.2) is 5.82 Å². The SMILES string of the molecule is COCCNCc1ccc(-n2cc(Cl)c(C)n2)nc1. The Morgan fingerprint density at radius 3 is 2.84 bits per heavy atom. The molecule has 2 aromatic heterocycles. The van der Waals surface area contributed by atoms with E-state index < -0.39 is 0 Å². The lowest BCUT2D eigenvalue weighted by atomic mass is 10.3. The van der Waals surface area contributed by atoms with E-state index in [0.29, 0.717) is 11.6 Å². The van der Waals surface area contributed by atoms with Gasteiger partial charge in [0.05, 0.1) is 23.5 Å². The molecule has 2 heterocycles. The smallest absolute Gasteiger partial charge is 0.153 e. The van der Waals surface area contributed by atoms with Crippen LogP contribution in [0.2, 0.25) is 5.02 Å². The fourth-order valence-electron chi connectivity index (χ4n) is 1.62. The third kappa shape index (κ3) is 3.76. The summed E-state index contributed by atoms with van der Waals surface area (Å²) in [6, 6.07) is 3.95. The maximum Gasteiger partial charge on any atom is 0.153 e. The summed E-state index contributed by atoms with van der Waals surface area (Å²) < 4.78 is 6.65. The van der Waals surface area contributed by atoms with E-state index in [1.54, 1.807) is 18.0 Å². The number of halogens is 1. The van der Waals surface area contributed by atoms with E-state index in [4.69, 9.17) is 16.3 Å². The average Bonchev–Trinajstić information content (AvgIpc) is 2.76. The zero-order chi connectivity index (χ0) is 13.7. The predicted molar refractivity (Wildman–Crippen MR) is 74.7 cm³/mol. The highest BCUT2D eigenvalue weighted by molar-refractivity contribution is 6.31. The van der Waals surface area contributed by atoms with Crippen LogP contribution in [0.1, 0.15) is 11.3 Å². The molecule has 0 saturated carbocycles. The van der Waals surface area contributed by atoms with Gasteiger partial charge in [-0.05, 0) is 18.6 Å². The predicted octanol–water partition coefficient (Wildman–Crippen LogP) is 1.97. The van der Waals surface area contributed by atoms with E-state index in [1.807, 2.05) is 25.3 Å². The summed E-state index contributed by atoms with van der Waals surface area (Å²) in [4.78, 5) is 4.37. The lowest BCUT2D eigenvalue weighted by Gasteiger charge is -2.05. The third-order valence-corrected chi connectivity index (χ3v) is 3.07. The van der Waals surface area contributed by atoms with Crippen LogP contribution < -0.4 is 5.32 Å². The number of methoxy groups -OCH3 is 1. The van der Waals surface area contributed by atoms with Crippen molar-refractivity contribution in [1.82, 2.24) is 20.1 Å². The molecule has 0 aliphatic heterocycles. The van der Waals surface area contributed by atoms with Crippen molar-refractivity contribution < 1.29 is 4.74 Å². The molecule has 0 aliphatic rings. The Hall–Kier alpha value is -1.43. The van der Waals surface area contributed by atoms with Gasteiger partial charge in [0, 0.05) is 26.4 Å². The first-order valence-corrected chi connectivity index (χ1v) is 6.45. The molecule has 0 aromatic carbocycles. The molecule has 0 aliphatic carbocycles. The number of rotatable bonds is 6. The largest absolute Gasteiger partial charge is 0.383 e. The molecule has 5 nitrogen and oxygen atoms in total. The van der Waals surface area contributed by atoms with E-state index in [1.165, 1.54) is 0 Å². The van der Waals surface area contributed by atoms with Crippen molar-refractivity contribution in [3.63, 3.8) is 0 Å². The topological polar surface area (TPSA) is 52.0 Å². The van der Waals surface area contributed by atoms with Crippen LogP contribution in [0.25, 0.3) is 5.82 Å². The van der Waals surface area contributed by atoms with Crippen molar-refractivity contribution in [1.29, 1.82) is 0 Å². The number of pyridine rings is 1. The maximum atomic E-state index is 5.98. The Morgan fingerprint density at radius 1 is 1.42 bits per heavy atom. The Bertz CT molecular complexity index is 504. The van der Waals surface area contributed by atoms with Crippen molar-refractivity contribution in [3.05, 3.63) is 40.8 Å². The zero-order valence-electron chi connectivity index (χ0n) is 11.1. The van der Waals surface area contributed by atoms with Crippen LogP contribution in [0, 0.1) is 6.92 Å². The Morgan fingerprint density at radius 2 is 2.26 bits per heavy atom. The van der Waals surface area contributed by atoms with Gasteiger partial charge in [0.25, 0.3) is 0 Å². The Balaban J connectivity index is 1.98. The number of aryl methyl sites for hydroxylation is 1. The quantitative estimate of drug-likeness (QED) is 0.822. The van der Waals surface area contributed by atoms with Gasteiger partial charge in [0.1, 0.15) is 0 Å². The van der Waals surface area contributed by atoms with E-state index in [9.17, 15) is 0 Å². The summed E-state index contributed by atoms with van der Waals surface area (Å²) in [5, 5.41) is 8.20. The minimum atomic E-state index is 0.645. The minimum Gasteiger partial charge on any atom is -0.383 e. The van der Waals surface area contributed by atoms with E-state index in [-0.39, 0.29) is 0 Å². The van der Waals surface area contributed by atoms with Gasteiger partial charge in [-0.15, -0.1) is 0 Å². The van der Waals surface area contributed by atoms with Crippen LogP contribution >= 0.6 is 11.6 Å². The highest BCUT2D eigenvalue weighted by Gasteiger charge is 2.04. The molecule has 2 rings (SSSR count). The fraction of sp³-hybridized carbons (Fsp3) is 0.385. The molecular weight excluding hydrogens is 264 g/mol. The van der Waals surface area contributed by atoms with Crippen molar-refractivity contribution in [2.45, 2.75) is 13.5 Å². The van der Waals surface area contributed by atoms with Gasteiger partial charge in [-0.3, -0.25) is 0 Å². The van der Waals surface area contributed by atoms with Crippen molar-refractivity contribution in [2.24, 2.45) is 0 Å². The fourth-order valence-corrected chi connectivity index (χ4v) is 1.75. The molecule has 0 radical (unpaired) electrons. The van der Waals surface area contributed by atoms with Gasteiger partial charge in [-0.1, -0.05) is 17.7 Å². The summed E-state index contributed by atoms with van der Waals surface area (Å²) in [6.07, 6.45) is 3.59. The number of hydrogen-bond acceptors (Lipinski definition) is 4. The molecule has 0 bridgehead atoms. The molecule has 0 saturated heterocycles. The number of aromatic nitrogens is 3. The molecule has 1 N–H and O–H groups in total. The molecule has 0 unspecified atom stereocenters. The van der Waals surface area contributed by atoms with Gasteiger partial charge in [-0.25, -0.2) is 9.67 Å². The van der Waals surface area contributed by atoms with E-state index in [2.05, 4.69) is 15.4 Å². The lowest BCUT2D eigenvalue weighted by molar-refractivity contribution is 0.199. The van der Waals surface area contributed by atoms with Crippen molar-refractivity contribution in [3.8, 4) is 5.82 Å². The van der Waals surface area contributed by atoms with Gasteiger partial charge in [-0.2, -0.15) is 5.10 Å². The van der Waals surface area contributed by atoms with Gasteiger partial charge in [0.2, 0.25) is 0 Å². The van der Waals surface area contributed by atoms with Crippen LogP contribution in [0.5, 0.6) is 0 Å². The third-order valence-electron chi connectivity index (χ3n) is 2.69. The molecule has 0 amide bonds. The molecule has 0 fully saturated rings. The van der Waals surface area contributed by atoms with Crippen LogP contribution in [-0.2, 0) is 11.3 Å². The van der Waals surface area contributed by atoms with Gasteiger partial charge < -0.3 is 10.1 Å². The summed E-state index contributed by atoms with van der Waals surface area (Å²) >= 11 is 5.98. The monoisotopic (exact) mass is 280 g/mol. The number of ether oxygens (including phenoxy) is 1. The lowest BCUT2D eigenvalue weighted by Crippen LogP contribution is -2.18. The van der Waals surface area contributed by atoms with Crippen LogP contribution in [-0.4, -0.2) is 35.0 Å². The minimum absolute atomic E-state index is 0.645. The number of nitrogens with zero attached hydrogens (tertiary/aromatic N) is 3. The first-order valence-electron chi connectivity index (χ1n) is 6.07. The van der Waals surface area contributed by atoms with Crippen molar-refractivity contribution in [2.75, 3.05) is 20.3 Å². The zero-order valence-corrected chi connectivity index (χ0v) is 11.8. The summed E-state index contributed by atoms with van der Waals surface area (Å²) in [7, 11) is 1.69. The first kappa shape index (κ1) is 14.0. The first-order chi connectivity index (χ1) is 9.20. The molecule has 102 valence electrons. The maximum absolute atomic E-state index is 5.98. The molecule has 0 atom stereocenters. The second-order valence-corrected chi connectivity index (χ2v) is 4.61. The van der Waals surface area contributed by atoms with Crippen LogP contribution in [0.15, 0.2) is 24.5 Å². The van der Waals surface area contributed by atoms with E-state index >= 15 is 0 Å². The highest BCUT2D eigenvalue weighted by Crippen LogP contribution is 2.15. The molecule has 19 heavy (non-hydrogen) atoms. The van der Waals surface area contributed by atoms with Gasteiger partial charge >= 0.3 is 0 Å². The van der Waals surface area contributed by atoms with E-state index in [0.717, 1.165) is 30.2 Å². The molecular formula is C13H17ClN4O. The average molecular weight is 281 g/mol. The summed E-state index contributed by atoms with van der Waals surface area (Å²) in [5.41, 5.74) is 1.92. The highest BCUT2D eigenvalue weighted by atomic mass is 35.5.